The number of nitrogens with zero attached hydrogens (tertiary/aromatic N) is 3. The quantitative estimate of drug-likeness (QED) is 0.919. The SMILES string of the molecule is Cc1cccnc1NC(=O)N1CCC(n2c(C)ccc2C)CC1. The van der Waals surface area contributed by atoms with Gasteiger partial charge in [-0.1, -0.05) is 6.07 Å². The molecule has 0 aromatic carbocycles. The second-order valence-electron chi connectivity index (χ2n) is 6.30. The lowest BCUT2D eigenvalue weighted by Crippen LogP contribution is -2.41. The molecular formula is C18H24N4O. The maximum Gasteiger partial charge on any atom is 0.323 e. The van der Waals surface area contributed by atoms with Crippen molar-refractivity contribution in [2.45, 2.75) is 39.7 Å². The van der Waals surface area contributed by atoms with E-state index in [9.17, 15) is 4.79 Å². The number of nitrogens with one attached hydrogen (secondary N) is 1. The summed E-state index contributed by atoms with van der Waals surface area (Å²) in [5, 5.41) is 2.92. The van der Waals surface area contributed by atoms with Crippen molar-refractivity contribution in [3.8, 4) is 0 Å². The van der Waals surface area contributed by atoms with Crippen LogP contribution < -0.4 is 5.32 Å². The predicted octanol–water partition coefficient (Wildman–Crippen LogP) is 3.68. The Morgan fingerprint density at radius 3 is 2.39 bits per heavy atom. The molecule has 3 heterocycles. The van der Waals surface area contributed by atoms with E-state index in [1.807, 2.05) is 24.0 Å². The van der Waals surface area contributed by atoms with Crippen LogP contribution in [0, 0.1) is 20.8 Å². The van der Waals surface area contributed by atoms with Crippen LogP contribution in [0.4, 0.5) is 10.6 Å². The first-order valence-electron chi connectivity index (χ1n) is 8.18. The Bertz CT molecular complexity index is 679. The van der Waals surface area contributed by atoms with Crippen molar-refractivity contribution in [2.75, 3.05) is 18.4 Å². The topological polar surface area (TPSA) is 50.2 Å². The Balaban J connectivity index is 1.61. The molecule has 2 aromatic rings. The smallest absolute Gasteiger partial charge is 0.323 e. The highest BCUT2D eigenvalue weighted by Gasteiger charge is 2.25. The molecule has 5 heteroatoms. The summed E-state index contributed by atoms with van der Waals surface area (Å²) in [4.78, 5) is 18.5. The number of aryl methyl sites for hydroxylation is 3. The zero-order valence-corrected chi connectivity index (χ0v) is 14.0. The second-order valence-corrected chi connectivity index (χ2v) is 6.30. The number of pyridine rings is 1. The monoisotopic (exact) mass is 312 g/mol. The lowest BCUT2D eigenvalue weighted by molar-refractivity contribution is 0.183. The van der Waals surface area contributed by atoms with Crippen molar-refractivity contribution in [2.24, 2.45) is 0 Å². The van der Waals surface area contributed by atoms with Gasteiger partial charge in [-0.05, 0) is 57.4 Å². The Morgan fingerprint density at radius 1 is 1.13 bits per heavy atom. The number of likely N-dealkylation sites (tertiary alicyclic amines) is 1. The van der Waals surface area contributed by atoms with Crippen LogP contribution in [0.25, 0.3) is 0 Å². The van der Waals surface area contributed by atoms with Gasteiger partial charge in [0.05, 0.1) is 0 Å². The van der Waals surface area contributed by atoms with E-state index in [1.54, 1.807) is 6.20 Å². The minimum absolute atomic E-state index is 0.0498. The number of urea groups is 1. The highest BCUT2D eigenvalue weighted by molar-refractivity contribution is 5.89. The summed E-state index contributed by atoms with van der Waals surface area (Å²) in [6, 6.07) is 8.60. The Hall–Kier alpha value is -2.30. The fourth-order valence-corrected chi connectivity index (χ4v) is 3.38. The molecule has 5 nitrogen and oxygen atoms in total. The minimum Gasteiger partial charge on any atom is -0.346 e. The molecule has 23 heavy (non-hydrogen) atoms. The number of piperidine rings is 1. The summed E-state index contributed by atoms with van der Waals surface area (Å²) in [7, 11) is 0. The van der Waals surface area contributed by atoms with Gasteiger partial charge in [0.2, 0.25) is 0 Å². The molecule has 1 aliphatic rings. The summed E-state index contributed by atoms with van der Waals surface area (Å²) in [5.74, 6) is 0.650. The number of anilines is 1. The third-order valence-corrected chi connectivity index (χ3v) is 4.68. The molecule has 3 rings (SSSR count). The molecule has 0 saturated carbocycles. The maximum atomic E-state index is 12.4. The van der Waals surface area contributed by atoms with Gasteiger partial charge in [-0.2, -0.15) is 0 Å². The molecular weight excluding hydrogens is 288 g/mol. The van der Waals surface area contributed by atoms with Gasteiger partial charge < -0.3 is 9.47 Å². The summed E-state index contributed by atoms with van der Waals surface area (Å²) in [5.41, 5.74) is 3.58. The zero-order chi connectivity index (χ0) is 16.4. The predicted molar refractivity (Wildman–Crippen MR) is 91.7 cm³/mol. The molecule has 0 atom stereocenters. The fraction of sp³-hybridized carbons (Fsp3) is 0.444. The average Bonchev–Trinajstić information content (AvgIpc) is 2.88. The number of rotatable bonds is 2. The first-order chi connectivity index (χ1) is 11.1. The molecule has 2 aromatic heterocycles. The van der Waals surface area contributed by atoms with E-state index in [0.29, 0.717) is 11.9 Å². The van der Waals surface area contributed by atoms with Crippen LogP contribution in [-0.2, 0) is 0 Å². The van der Waals surface area contributed by atoms with Crippen molar-refractivity contribution in [1.82, 2.24) is 14.5 Å². The van der Waals surface area contributed by atoms with E-state index in [2.05, 4.69) is 40.8 Å². The van der Waals surface area contributed by atoms with Crippen LogP contribution in [0.15, 0.2) is 30.5 Å². The van der Waals surface area contributed by atoms with Crippen LogP contribution >= 0.6 is 0 Å². The van der Waals surface area contributed by atoms with E-state index in [1.165, 1.54) is 11.4 Å². The number of carbonyl (C=O) groups is 1. The van der Waals surface area contributed by atoms with Gasteiger partial charge in [-0.25, -0.2) is 9.78 Å². The van der Waals surface area contributed by atoms with Crippen molar-refractivity contribution in [3.05, 3.63) is 47.4 Å². The van der Waals surface area contributed by atoms with Crippen molar-refractivity contribution >= 4 is 11.8 Å². The van der Waals surface area contributed by atoms with Crippen LogP contribution in [0.5, 0.6) is 0 Å². The summed E-state index contributed by atoms with van der Waals surface area (Å²) in [6.07, 6.45) is 3.68. The Kier molecular flexibility index (Phi) is 4.37. The molecule has 0 radical (unpaired) electrons. The van der Waals surface area contributed by atoms with Gasteiger partial charge in [0.1, 0.15) is 5.82 Å². The highest BCUT2D eigenvalue weighted by Crippen LogP contribution is 2.26. The van der Waals surface area contributed by atoms with Crippen LogP contribution in [0.1, 0.15) is 35.8 Å². The Labute approximate surface area is 137 Å². The van der Waals surface area contributed by atoms with E-state index in [4.69, 9.17) is 0 Å². The zero-order valence-electron chi connectivity index (χ0n) is 14.0. The third-order valence-electron chi connectivity index (χ3n) is 4.68. The first kappa shape index (κ1) is 15.6. The molecule has 1 aliphatic heterocycles. The molecule has 0 bridgehead atoms. The summed E-state index contributed by atoms with van der Waals surface area (Å²) < 4.78 is 2.40. The molecule has 0 aliphatic carbocycles. The number of aromatic nitrogens is 2. The normalized spacial score (nSPS) is 15.7. The number of hydrogen-bond acceptors (Lipinski definition) is 2. The lowest BCUT2D eigenvalue weighted by atomic mass is 10.0. The molecule has 0 spiro atoms. The van der Waals surface area contributed by atoms with Gasteiger partial charge in [0, 0.05) is 36.7 Å². The van der Waals surface area contributed by atoms with Crippen molar-refractivity contribution in [1.29, 1.82) is 0 Å². The van der Waals surface area contributed by atoms with E-state index in [0.717, 1.165) is 31.5 Å². The fourth-order valence-electron chi connectivity index (χ4n) is 3.38. The van der Waals surface area contributed by atoms with E-state index < -0.39 is 0 Å². The van der Waals surface area contributed by atoms with Gasteiger partial charge in [-0.3, -0.25) is 5.32 Å². The lowest BCUT2D eigenvalue weighted by Gasteiger charge is -2.34. The minimum atomic E-state index is -0.0498. The van der Waals surface area contributed by atoms with Crippen molar-refractivity contribution < 1.29 is 4.79 Å². The first-order valence-corrected chi connectivity index (χ1v) is 8.18. The van der Waals surface area contributed by atoms with Crippen LogP contribution in [0.3, 0.4) is 0 Å². The van der Waals surface area contributed by atoms with Gasteiger partial charge in [0.25, 0.3) is 0 Å². The number of carbonyl (C=O) groups excluding carboxylic acids is 1. The van der Waals surface area contributed by atoms with E-state index in [-0.39, 0.29) is 6.03 Å². The highest BCUT2D eigenvalue weighted by atomic mass is 16.2. The number of amides is 2. The van der Waals surface area contributed by atoms with E-state index >= 15 is 0 Å². The molecule has 122 valence electrons. The third kappa shape index (κ3) is 3.23. The maximum absolute atomic E-state index is 12.4. The van der Waals surface area contributed by atoms with Crippen LogP contribution in [0.2, 0.25) is 0 Å². The van der Waals surface area contributed by atoms with Gasteiger partial charge in [-0.15, -0.1) is 0 Å². The van der Waals surface area contributed by atoms with Crippen molar-refractivity contribution in [3.63, 3.8) is 0 Å². The molecule has 1 fully saturated rings. The largest absolute Gasteiger partial charge is 0.346 e. The van der Waals surface area contributed by atoms with Gasteiger partial charge in [0.15, 0.2) is 0 Å². The molecule has 0 unspecified atom stereocenters. The van der Waals surface area contributed by atoms with Crippen LogP contribution in [-0.4, -0.2) is 33.6 Å². The average molecular weight is 312 g/mol. The second kappa shape index (κ2) is 6.44. The Morgan fingerprint density at radius 2 is 1.78 bits per heavy atom. The summed E-state index contributed by atoms with van der Waals surface area (Å²) in [6.45, 7) is 7.80. The van der Waals surface area contributed by atoms with Gasteiger partial charge >= 0.3 is 6.03 Å². The standard InChI is InChI=1S/C18H24N4O/c1-13-5-4-10-19-17(13)20-18(23)21-11-8-16(9-12-21)22-14(2)6-7-15(22)3/h4-7,10,16H,8-9,11-12H2,1-3H3,(H,19,20,23). The molecule has 1 N–H and O–H groups in total. The molecule has 2 amide bonds. The summed E-state index contributed by atoms with van der Waals surface area (Å²) >= 11 is 0. The number of hydrogen-bond donors (Lipinski definition) is 1. The molecule has 1 saturated heterocycles.